The standard InChI is InChI=1S/C20H24ClN3O/c1-15-7-10-24(11-8-15)19-12-17(13-22-14-19)20(25)23-9-6-16-2-4-18(21)5-3-16/h2-5,12-15H,6-11H2,1H3,(H,23,25). The van der Waals surface area contributed by atoms with E-state index < -0.39 is 0 Å². The summed E-state index contributed by atoms with van der Waals surface area (Å²) in [5.74, 6) is 0.706. The molecule has 0 bridgehead atoms. The molecule has 1 fully saturated rings. The normalized spacial score (nSPS) is 15.2. The lowest BCUT2D eigenvalue weighted by molar-refractivity contribution is 0.0954. The summed E-state index contributed by atoms with van der Waals surface area (Å²) in [6, 6.07) is 9.64. The van der Waals surface area contributed by atoms with Crippen LogP contribution in [0.5, 0.6) is 0 Å². The number of amides is 1. The number of rotatable bonds is 5. The molecule has 1 amide bonds. The molecule has 2 aromatic rings. The molecule has 0 saturated carbocycles. The van der Waals surface area contributed by atoms with Crippen molar-refractivity contribution in [2.24, 2.45) is 5.92 Å². The SMILES string of the molecule is CC1CCN(c2cncc(C(=O)NCCc3ccc(Cl)cc3)c2)CC1. The van der Waals surface area contributed by atoms with Gasteiger partial charge in [-0.2, -0.15) is 0 Å². The minimum atomic E-state index is -0.0753. The topological polar surface area (TPSA) is 45.2 Å². The Morgan fingerprint density at radius 3 is 2.68 bits per heavy atom. The third kappa shape index (κ3) is 4.95. The summed E-state index contributed by atoms with van der Waals surface area (Å²) in [4.78, 5) is 19.0. The first kappa shape index (κ1) is 17.7. The Hall–Kier alpha value is -2.07. The van der Waals surface area contributed by atoms with Crippen molar-refractivity contribution < 1.29 is 4.79 Å². The van der Waals surface area contributed by atoms with Gasteiger partial charge in [-0.05, 0) is 48.9 Å². The maximum absolute atomic E-state index is 12.4. The molecule has 1 aromatic carbocycles. The minimum absolute atomic E-state index is 0.0753. The number of nitrogens with one attached hydrogen (secondary N) is 1. The summed E-state index contributed by atoms with van der Waals surface area (Å²) in [6.45, 7) is 4.95. The zero-order valence-corrected chi connectivity index (χ0v) is 15.3. The fourth-order valence-corrected chi connectivity index (χ4v) is 3.19. The van der Waals surface area contributed by atoms with Gasteiger partial charge < -0.3 is 10.2 Å². The second-order valence-corrected chi connectivity index (χ2v) is 7.17. The number of pyridine rings is 1. The molecule has 1 aliphatic heterocycles. The van der Waals surface area contributed by atoms with Crippen molar-refractivity contribution in [3.63, 3.8) is 0 Å². The van der Waals surface area contributed by atoms with E-state index in [4.69, 9.17) is 11.6 Å². The van der Waals surface area contributed by atoms with Crippen LogP contribution in [0.4, 0.5) is 5.69 Å². The first-order chi connectivity index (χ1) is 12.1. The second-order valence-electron chi connectivity index (χ2n) is 6.73. The van der Waals surface area contributed by atoms with Crippen molar-refractivity contribution in [2.75, 3.05) is 24.5 Å². The van der Waals surface area contributed by atoms with Crippen LogP contribution in [0.3, 0.4) is 0 Å². The van der Waals surface area contributed by atoms with E-state index in [1.807, 2.05) is 36.5 Å². The fraction of sp³-hybridized carbons (Fsp3) is 0.400. The molecule has 1 aromatic heterocycles. The van der Waals surface area contributed by atoms with Crippen LogP contribution in [-0.4, -0.2) is 30.5 Å². The summed E-state index contributed by atoms with van der Waals surface area (Å²) < 4.78 is 0. The van der Waals surface area contributed by atoms with Gasteiger partial charge in [-0.3, -0.25) is 9.78 Å². The van der Waals surface area contributed by atoms with Gasteiger partial charge in [-0.25, -0.2) is 0 Å². The van der Waals surface area contributed by atoms with Crippen molar-refractivity contribution in [2.45, 2.75) is 26.2 Å². The van der Waals surface area contributed by atoms with Crippen LogP contribution in [0.2, 0.25) is 5.02 Å². The Bertz CT molecular complexity index is 709. The van der Waals surface area contributed by atoms with Gasteiger partial charge in [0.25, 0.3) is 5.91 Å². The summed E-state index contributed by atoms with van der Waals surface area (Å²) in [7, 11) is 0. The van der Waals surface area contributed by atoms with Crippen LogP contribution in [-0.2, 0) is 6.42 Å². The third-order valence-corrected chi connectivity index (χ3v) is 5.00. The average molecular weight is 358 g/mol. The highest BCUT2D eigenvalue weighted by Crippen LogP contribution is 2.22. The maximum Gasteiger partial charge on any atom is 0.252 e. The van der Waals surface area contributed by atoms with E-state index in [0.29, 0.717) is 12.1 Å². The molecule has 1 N–H and O–H groups in total. The van der Waals surface area contributed by atoms with Crippen LogP contribution in [0.15, 0.2) is 42.7 Å². The number of carbonyl (C=O) groups is 1. The van der Waals surface area contributed by atoms with Crippen molar-refractivity contribution in [1.29, 1.82) is 0 Å². The average Bonchev–Trinajstić information content (AvgIpc) is 2.64. The van der Waals surface area contributed by atoms with Crippen molar-refractivity contribution in [3.05, 3.63) is 58.9 Å². The number of piperidine rings is 1. The van der Waals surface area contributed by atoms with Crippen LogP contribution in [0, 0.1) is 5.92 Å². The van der Waals surface area contributed by atoms with Gasteiger partial charge in [-0.1, -0.05) is 30.7 Å². The van der Waals surface area contributed by atoms with Crippen LogP contribution >= 0.6 is 11.6 Å². The van der Waals surface area contributed by atoms with Crippen LogP contribution in [0.1, 0.15) is 35.7 Å². The van der Waals surface area contributed by atoms with E-state index in [0.717, 1.165) is 41.7 Å². The van der Waals surface area contributed by atoms with Gasteiger partial charge in [0.1, 0.15) is 0 Å². The summed E-state index contributed by atoms with van der Waals surface area (Å²) in [5.41, 5.74) is 2.81. The van der Waals surface area contributed by atoms with E-state index in [-0.39, 0.29) is 5.91 Å². The van der Waals surface area contributed by atoms with Crippen LogP contribution < -0.4 is 10.2 Å². The number of hydrogen-bond donors (Lipinski definition) is 1. The lowest BCUT2D eigenvalue weighted by Gasteiger charge is -2.32. The number of aromatic nitrogens is 1. The van der Waals surface area contributed by atoms with Gasteiger partial charge >= 0.3 is 0 Å². The molecule has 1 saturated heterocycles. The van der Waals surface area contributed by atoms with Gasteiger partial charge in [0.2, 0.25) is 0 Å². The summed E-state index contributed by atoms with van der Waals surface area (Å²) >= 11 is 5.88. The van der Waals surface area contributed by atoms with E-state index in [2.05, 4.69) is 22.1 Å². The Kier molecular flexibility index (Phi) is 5.92. The number of halogens is 1. The molecular weight excluding hydrogens is 334 g/mol. The Balaban J connectivity index is 1.55. The Morgan fingerprint density at radius 2 is 1.96 bits per heavy atom. The molecule has 132 valence electrons. The number of anilines is 1. The van der Waals surface area contributed by atoms with Crippen molar-refractivity contribution in [1.82, 2.24) is 10.3 Å². The Morgan fingerprint density at radius 1 is 1.24 bits per heavy atom. The van der Waals surface area contributed by atoms with Gasteiger partial charge in [0.15, 0.2) is 0 Å². The third-order valence-electron chi connectivity index (χ3n) is 4.75. The van der Waals surface area contributed by atoms with Gasteiger partial charge in [0, 0.05) is 30.9 Å². The lowest BCUT2D eigenvalue weighted by Crippen LogP contribution is -2.33. The molecule has 25 heavy (non-hydrogen) atoms. The van der Waals surface area contributed by atoms with E-state index >= 15 is 0 Å². The van der Waals surface area contributed by atoms with Gasteiger partial charge in [-0.15, -0.1) is 0 Å². The molecule has 0 unspecified atom stereocenters. The molecule has 5 heteroatoms. The number of nitrogens with zero attached hydrogens (tertiary/aromatic N) is 2. The van der Waals surface area contributed by atoms with Crippen molar-refractivity contribution in [3.8, 4) is 0 Å². The van der Waals surface area contributed by atoms with E-state index in [9.17, 15) is 4.79 Å². The highest BCUT2D eigenvalue weighted by atomic mass is 35.5. The lowest BCUT2D eigenvalue weighted by atomic mass is 9.99. The smallest absolute Gasteiger partial charge is 0.252 e. The molecule has 1 aliphatic rings. The second kappa shape index (κ2) is 8.34. The summed E-state index contributed by atoms with van der Waals surface area (Å²) in [6.07, 6.45) is 6.64. The molecule has 3 rings (SSSR count). The Labute approximate surface area is 154 Å². The zero-order valence-electron chi connectivity index (χ0n) is 14.5. The maximum atomic E-state index is 12.4. The molecule has 0 spiro atoms. The van der Waals surface area contributed by atoms with Gasteiger partial charge in [0.05, 0.1) is 17.4 Å². The molecular formula is C20H24ClN3O. The monoisotopic (exact) mass is 357 g/mol. The number of carbonyl (C=O) groups excluding carboxylic acids is 1. The largest absolute Gasteiger partial charge is 0.370 e. The van der Waals surface area contributed by atoms with Crippen molar-refractivity contribution >= 4 is 23.2 Å². The first-order valence-corrected chi connectivity index (χ1v) is 9.22. The zero-order chi connectivity index (χ0) is 17.6. The first-order valence-electron chi connectivity index (χ1n) is 8.84. The fourth-order valence-electron chi connectivity index (χ4n) is 3.07. The molecule has 4 nitrogen and oxygen atoms in total. The number of hydrogen-bond acceptors (Lipinski definition) is 3. The predicted molar refractivity (Wildman–Crippen MR) is 102 cm³/mol. The molecule has 0 aliphatic carbocycles. The van der Waals surface area contributed by atoms with E-state index in [1.165, 1.54) is 12.8 Å². The van der Waals surface area contributed by atoms with E-state index in [1.54, 1.807) is 6.20 Å². The molecule has 2 heterocycles. The highest BCUT2D eigenvalue weighted by molar-refractivity contribution is 6.30. The number of benzene rings is 1. The quantitative estimate of drug-likeness (QED) is 0.881. The molecule has 0 radical (unpaired) electrons. The highest BCUT2D eigenvalue weighted by Gasteiger charge is 2.17. The van der Waals surface area contributed by atoms with Crippen LogP contribution in [0.25, 0.3) is 0 Å². The molecule has 0 atom stereocenters. The predicted octanol–water partition coefficient (Wildman–Crippen LogP) is 3.94. The summed E-state index contributed by atoms with van der Waals surface area (Å²) in [5, 5.41) is 3.69. The minimum Gasteiger partial charge on any atom is -0.370 e.